The highest BCUT2D eigenvalue weighted by Crippen LogP contribution is 2.32. The third-order valence-corrected chi connectivity index (χ3v) is 4.40. The second kappa shape index (κ2) is 4.84. The van der Waals surface area contributed by atoms with Crippen LogP contribution in [0.25, 0.3) is 11.0 Å². The number of fused-ring (bicyclic) bond motifs is 1. The molecule has 2 aromatic rings. The third kappa shape index (κ3) is 2.14. The summed E-state index contributed by atoms with van der Waals surface area (Å²) in [7, 11) is 0. The van der Waals surface area contributed by atoms with Crippen LogP contribution >= 0.6 is 11.8 Å². The first-order valence-corrected chi connectivity index (χ1v) is 6.96. The smallest absolute Gasteiger partial charge is 0.321 e. The lowest BCUT2D eigenvalue weighted by molar-refractivity contribution is -0.138. The normalized spacial score (nSPS) is 22.2. The van der Waals surface area contributed by atoms with E-state index in [2.05, 4.69) is 5.32 Å². The Bertz CT molecular complexity index is 741. The first-order chi connectivity index (χ1) is 9.56. The lowest BCUT2D eigenvalue weighted by Gasteiger charge is -2.10. The Morgan fingerprint density at radius 3 is 2.95 bits per heavy atom. The zero-order valence-electron chi connectivity index (χ0n) is 10.2. The standard InChI is InChI=1S/C13H11NO5S/c15-6-1-2-7-10(3-6)19-4-8(11(7)16)12-14-9(5-20-12)13(17)18/h1-4,9,12,14-15H,5H2,(H,17,18). The van der Waals surface area contributed by atoms with Gasteiger partial charge in [-0.05, 0) is 12.1 Å². The van der Waals surface area contributed by atoms with Crippen molar-refractivity contribution in [1.82, 2.24) is 5.32 Å². The van der Waals surface area contributed by atoms with E-state index in [9.17, 15) is 14.7 Å². The SMILES string of the molecule is O=C(O)C1CSC(c2coc3cc(O)ccc3c2=O)N1. The summed E-state index contributed by atoms with van der Waals surface area (Å²) in [6, 6.07) is 3.61. The highest BCUT2D eigenvalue weighted by molar-refractivity contribution is 7.99. The fraction of sp³-hybridized carbons (Fsp3) is 0.231. The Morgan fingerprint density at radius 2 is 2.25 bits per heavy atom. The van der Waals surface area contributed by atoms with Crippen LogP contribution < -0.4 is 10.7 Å². The number of carbonyl (C=O) groups is 1. The first kappa shape index (κ1) is 13.0. The molecule has 0 saturated carbocycles. The third-order valence-electron chi connectivity index (χ3n) is 3.15. The van der Waals surface area contributed by atoms with E-state index >= 15 is 0 Å². The van der Waals surface area contributed by atoms with Crippen molar-refractivity contribution in [2.75, 3.05) is 5.75 Å². The highest BCUT2D eigenvalue weighted by atomic mass is 32.2. The molecule has 3 rings (SSSR count). The number of hydrogen-bond donors (Lipinski definition) is 3. The number of benzene rings is 1. The highest BCUT2D eigenvalue weighted by Gasteiger charge is 2.32. The average molecular weight is 293 g/mol. The van der Waals surface area contributed by atoms with Gasteiger partial charge in [-0.15, -0.1) is 11.8 Å². The molecule has 104 valence electrons. The number of phenols is 1. The lowest BCUT2D eigenvalue weighted by Crippen LogP contribution is -2.34. The van der Waals surface area contributed by atoms with Crippen molar-refractivity contribution in [2.24, 2.45) is 0 Å². The van der Waals surface area contributed by atoms with Crippen LogP contribution in [0.5, 0.6) is 5.75 Å². The van der Waals surface area contributed by atoms with Crippen LogP contribution in [0, 0.1) is 0 Å². The molecule has 0 bridgehead atoms. The van der Waals surface area contributed by atoms with Crippen LogP contribution in [-0.4, -0.2) is 28.0 Å². The van der Waals surface area contributed by atoms with E-state index in [-0.39, 0.29) is 11.2 Å². The molecule has 0 amide bonds. The summed E-state index contributed by atoms with van der Waals surface area (Å²) in [4.78, 5) is 23.3. The van der Waals surface area contributed by atoms with Gasteiger partial charge in [0.2, 0.25) is 0 Å². The maximum Gasteiger partial charge on any atom is 0.321 e. The summed E-state index contributed by atoms with van der Waals surface area (Å²) in [5.74, 6) is -0.518. The van der Waals surface area contributed by atoms with Crippen molar-refractivity contribution >= 4 is 28.7 Å². The van der Waals surface area contributed by atoms with Crippen molar-refractivity contribution in [1.29, 1.82) is 0 Å². The maximum absolute atomic E-state index is 12.4. The van der Waals surface area contributed by atoms with Gasteiger partial charge in [-0.3, -0.25) is 14.9 Å². The van der Waals surface area contributed by atoms with Crippen molar-refractivity contribution in [2.45, 2.75) is 11.4 Å². The molecule has 1 saturated heterocycles. The fourth-order valence-corrected chi connectivity index (χ4v) is 3.33. The lowest BCUT2D eigenvalue weighted by atomic mass is 10.1. The first-order valence-electron chi connectivity index (χ1n) is 5.91. The van der Waals surface area contributed by atoms with Gasteiger partial charge in [-0.2, -0.15) is 0 Å². The van der Waals surface area contributed by atoms with Crippen LogP contribution in [0.2, 0.25) is 0 Å². The number of phenolic OH excluding ortho intramolecular Hbond substituents is 1. The summed E-state index contributed by atoms with van der Waals surface area (Å²) in [5.41, 5.74) is 0.468. The molecule has 0 aliphatic carbocycles. The molecule has 20 heavy (non-hydrogen) atoms. The Hall–Kier alpha value is -1.99. The molecule has 3 N–H and O–H groups in total. The van der Waals surface area contributed by atoms with Crippen LogP contribution in [0.15, 0.2) is 33.7 Å². The maximum atomic E-state index is 12.4. The number of hydrogen-bond acceptors (Lipinski definition) is 6. The fourth-order valence-electron chi connectivity index (χ4n) is 2.11. The van der Waals surface area contributed by atoms with E-state index in [1.807, 2.05) is 0 Å². The van der Waals surface area contributed by atoms with Gasteiger partial charge in [0.05, 0.1) is 16.3 Å². The van der Waals surface area contributed by atoms with Gasteiger partial charge < -0.3 is 14.6 Å². The molecule has 2 heterocycles. The number of carboxylic acid groups (broad SMARTS) is 1. The van der Waals surface area contributed by atoms with E-state index in [0.29, 0.717) is 22.3 Å². The molecule has 0 spiro atoms. The van der Waals surface area contributed by atoms with Crippen LogP contribution in [0.4, 0.5) is 0 Å². The Kier molecular flexibility index (Phi) is 3.15. The number of nitrogens with one attached hydrogen (secondary N) is 1. The molecule has 1 aromatic heterocycles. The number of aliphatic carboxylic acids is 1. The minimum Gasteiger partial charge on any atom is -0.508 e. The van der Waals surface area contributed by atoms with Crippen LogP contribution in [0.3, 0.4) is 0 Å². The van der Waals surface area contributed by atoms with Gasteiger partial charge in [0.15, 0.2) is 5.43 Å². The van der Waals surface area contributed by atoms with Crippen molar-refractivity contribution in [3.8, 4) is 5.75 Å². The largest absolute Gasteiger partial charge is 0.508 e. The Balaban J connectivity index is 2.01. The van der Waals surface area contributed by atoms with Crippen molar-refractivity contribution in [3.05, 3.63) is 40.2 Å². The predicted octanol–water partition coefficient (Wildman–Crippen LogP) is 1.29. The monoisotopic (exact) mass is 293 g/mol. The van der Waals surface area contributed by atoms with Crippen molar-refractivity contribution in [3.63, 3.8) is 0 Å². The summed E-state index contributed by atoms with van der Waals surface area (Å²) in [6.45, 7) is 0. The predicted molar refractivity (Wildman–Crippen MR) is 73.9 cm³/mol. The number of aromatic hydroxyl groups is 1. The molecule has 6 nitrogen and oxygen atoms in total. The average Bonchev–Trinajstić information content (AvgIpc) is 2.88. The second-order valence-electron chi connectivity index (χ2n) is 4.47. The van der Waals surface area contributed by atoms with Gasteiger partial charge in [-0.25, -0.2) is 0 Å². The van der Waals surface area contributed by atoms with Gasteiger partial charge >= 0.3 is 5.97 Å². The Labute approximate surface area is 117 Å². The molecule has 1 fully saturated rings. The number of carboxylic acids is 1. The molecular formula is C13H11NO5S. The molecule has 7 heteroatoms. The molecule has 1 aliphatic rings. The van der Waals surface area contributed by atoms with Gasteiger partial charge in [0.1, 0.15) is 23.6 Å². The zero-order chi connectivity index (χ0) is 14.3. The van der Waals surface area contributed by atoms with E-state index in [4.69, 9.17) is 9.52 Å². The number of thioether (sulfide) groups is 1. The topological polar surface area (TPSA) is 99.8 Å². The Morgan fingerprint density at radius 1 is 1.45 bits per heavy atom. The van der Waals surface area contributed by atoms with E-state index in [0.717, 1.165) is 0 Å². The van der Waals surface area contributed by atoms with Gasteiger partial charge in [-0.1, -0.05) is 0 Å². The summed E-state index contributed by atoms with van der Waals surface area (Å²) in [5, 5.41) is 21.1. The van der Waals surface area contributed by atoms with E-state index in [1.54, 1.807) is 0 Å². The van der Waals surface area contributed by atoms with Crippen LogP contribution in [0.1, 0.15) is 10.9 Å². The van der Waals surface area contributed by atoms with E-state index in [1.165, 1.54) is 36.2 Å². The second-order valence-corrected chi connectivity index (χ2v) is 5.61. The molecule has 2 unspecified atom stereocenters. The molecule has 1 aliphatic heterocycles. The van der Waals surface area contributed by atoms with Crippen molar-refractivity contribution < 1.29 is 19.4 Å². The molecular weight excluding hydrogens is 282 g/mol. The molecule has 0 radical (unpaired) electrons. The molecule has 2 atom stereocenters. The quantitative estimate of drug-likeness (QED) is 0.767. The zero-order valence-corrected chi connectivity index (χ0v) is 11.0. The number of rotatable bonds is 2. The minimum atomic E-state index is -0.935. The summed E-state index contributed by atoms with van der Waals surface area (Å²) in [6.07, 6.45) is 1.32. The summed E-state index contributed by atoms with van der Waals surface area (Å²) >= 11 is 1.36. The molecule has 1 aromatic carbocycles. The van der Waals surface area contributed by atoms with Crippen LogP contribution in [-0.2, 0) is 4.79 Å². The summed E-state index contributed by atoms with van der Waals surface area (Å²) < 4.78 is 5.35. The minimum absolute atomic E-state index is 0.0210. The van der Waals surface area contributed by atoms with E-state index < -0.39 is 17.4 Å². The van der Waals surface area contributed by atoms with Gasteiger partial charge in [0, 0.05) is 11.8 Å². The van der Waals surface area contributed by atoms with Gasteiger partial charge in [0.25, 0.3) is 0 Å².